The van der Waals surface area contributed by atoms with Gasteiger partial charge in [-0.05, 0) is 36.1 Å². The average molecular weight is 478 g/mol. The fourth-order valence-corrected chi connectivity index (χ4v) is 4.57. The number of hydrogen-bond acceptors (Lipinski definition) is 7. The van der Waals surface area contributed by atoms with E-state index in [1.54, 1.807) is 30.3 Å². The Morgan fingerprint density at radius 3 is 2.29 bits per heavy atom. The van der Waals surface area contributed by atoms with E-state index in [4.69, 9.17) is 13.6 Å². The third-order valence-electron chi connectivity index (χ3n) is 5.85. The Bertz CT molecular complexity index is 1470. The minimum Gasteiger partial charge on any atom is -0.507 e. The van der Waals surface area contributed by atoms with E-state index in [2.05, 4.69) is 32.6 Å². The van der Waals surface area contributed by atoms with Crippen molar-refractivity contribution in [1.29, 1.82) is 0 Å². The first kappa shape index (κ1) is 24.5. The normalized spacial score (nSPS) is 11.9. The van der Waals surface area contributed by atoms with E-state index in [0.29, 0.717) is 51.6 Å². The second kappa shape index (κ2) is 9.96. The molecule has 0 radical (unpaired) electrons. The predicted molar refractivity (Wildman–Crippen MR) is 137 cm³/mol. The highest BCUT2D eigenvalue weighted by Crippen LogP contribution is 2.35. The number of nitrogens with zero attached hydrogens (tertiary/aromatic N) is 1. The molecule has 0 atom stereocenters. The van der Waals surface area contributed by atoms with E-state index in [0.717, 1.165) is 13.1 Å². The number of ether oxygens (including phenoxy) is 1. The number of phenolic OH excluding ortho intramolecular Hbond substituents is 1. The summed E-state index contributed by atoms with van der Waals surface area (Å²) in [5, 5.41) is 12.0. The zero-order chi connectivity index (χ0) is 25.3. The molecule has 184 valence electrons. The maximum absolute atomic E-state index is 13.0. The molecule has 0 bridgehead atoms. The molecule has 2 heterocycles. The molecule has 0 fully saturated rings. The van der Waals surface area contributed by atoms with Gasteiger partial charge in [0.05, 0.1) is 18.2 Å². The van der Waals surface area contributed by atoms with Crippen LogP contribution in [-0.4, -0.2) is 30.2 Å². The molecule has 1 N–H and O–H groups in total. The summed E-state index contributed by atoms with van der Waals surface area (Å²) in [7, 11) is 1.51. The molecule has 4 rings (SSSR count). The second-order valence-corrected chi connectivity index (χ2v) is 9.73. The van der Waals surface area contributed by atoms with Gasteiger partial charge in [0.25, 0.3) is 0 Å². The van der Waals surface area contributed by atoms with Crippen molar-refractivity contribution >= 4 is 21.9 Å². The van der Waals surface area contributed by atoms with Crippen LogP contribution in [0.15, 0.2) is 60.9 Å². The molecule has 7 nitrogen and oxygen atoms in total. The molecule has 0 spiro atoms. The number of rotatable bonds is 8. The van der Waals surface area contributed by atoms with Crippen molar-refractivity contribution in [2.24, 2.45) is 11.8 Å². The van der Waals surface area contributed by atoms with Crippen LogP contribution in [0, 0.1) is 11.8 Å². The fourth-order valence-electron chi connectivity index (χ4n) is 4.57. The molecule has 7 heteroatoms. The summed E-state index contributed by atoms with van der Waals surface area (Å²) in [5.74, 6) is 1.34. The lowest BCUT2D eigenvalue weighted by Gasteiger charge is -2.26. The maximum atomic E-state index is 13.0. The monoisotopic (exact) mass is 477 g/mol. The summed E-state index contributed by atoms with van der Waals surface area (Å²) in [4.78, 5) is 27.9. The van der Waals surface area contributed by atoms with Crippen LogP contribution in [0.3, 0.4) is 0 Å². The first-order valence-electron chi connectivity index (χ1n) is 11.8. The van der Waals surface area contributed by atoms with Crippen molar-refractivity contribution in [2.75, 3.05) is 20.2 Å². The number of methoxy groups -OCH3 is 1. The minimum atomic E-state index is -0.608. The molecular formula is C28H31NO6. The number of benzene rings is 2. The number of para-hydroxylation sites is 1. The summed E-state index contributed by atoms with van der Waals surface area (Å²) in [6.45, 7) is 10.6. The van der Waals surface area contributed by atoms with E-state index >= 15 is 0 Å². The third-order valence-corrected chi connectivity index (χ3v) is 5.85. The van der Waals surface area contributed by atoms with Crippen LogP contribution in [0.25, 0.3) is 33.1 Å². The molecule has 35 heavy (non-hydrogen) atoms. The van der Waals surface area contributed by atoms with Crippen LogP contribution >= 0.6 is 0 Å². The van der Waals surface area contributed by atoms with Gasteiger partial charge in [0.1, 0.15) is 11.3 Å². The first-order chi connectivity index (χ1) is 16.7. The SMILES string of the molecule is COc1cccc2cc(-c3cc(=O)oc4c(CN(CC(C)C)CC(C)C)c(O)ccc34)c(=O)oc12. The lowest BCUT2D eigenvalue weighted by Crippen LogP contribution is -2.31. The van der Waals surface area contributed by atoms with Gasteiger partial charge in [-0.1, -0.05) is 39.8 Å². The van der Waals surface area contributed by atoms with Crippen molar-refractivity contribution in [1.82, 2.24) is 4.90 Å². The molecule has 0 aliphatic rings. The largest absolute Gasteiger partial charge is 0.507 e. The molecular weight excluding hydrogens is 446 g/mol. The molecule has 0 saturated heterocycles. The zero-order valence-electron chi connectivity index (χ0n) is 20.8. The Labute approximate surface area is 203 Å². The molecule has 0 amide bonds. The minimum absolute atomic E-state index is 0.0468. The Hall–Kier alpha value is -3.58. The van der Waals surface area contributed by atoms with Gasteiger partial charge in [0.15, 0.2) is 11.3 Å². The van der Waals surface area contributed by atoms with E-state index in [-0.39, 0.29) is 16.9 Å². The van der Waals surface area contributed by atoms with E-state index in [1.165, 1.54) is 13.2 Å². The topological polar surface area (TPSA) is 93.1 Å². The highest BCUT2D eigenvalue weighted by atomic mass is 16.5. The number of aromatic hydroxyl groups is 1. The molecule has 4 aromatic rings. The average Bonchev–Trinajstić information content (AvgIpc) is 2.79. The number of hydrogen-bond donors (Lipinski definition) is 1. The van der Waals surface area contributed by atoms with Gasteiger partial charge in [0.2, 0.25) is 0 Å². The van der Waals surface area contributed by atoms with E-state index < -0.39 is 11.3 Å². The van der Waals surface area contributed by atoms with E-state index in [9.17, 15) is 14.7 Å². The Morgan fingerprint density at radius 1 is 0.914 bits per heavy atom. The number of phenols is 1. The molecule has 0 saturated carbocycles. The van der Waals surface area contributed by atoms with Crippen LogP contribution in [0.2, 0.25) is 0 Å². The Balaban J connectivity index is 1.91. The summed E-state index contributed by atoms with van der Waals surface area (Å²) in [5.41, 5.74) is 0.572. The first-order valence-corrected chi connectivity index (χ1v) is 11.8. The van der Waals surface area contributed by atoms with E-state index in [1.807, 2.05) is 6.07 Å². The van der Waals surface area contributed by atoms with Crippen LogP contribution in [0.5, 0.6) is 11.5 Å². The summed E-state index contributed by atoms with van der Waals surface area (Å²) in [6.07, 6.45) is 0. The van der Waals surface area contributed by atoms with Crippen LogP contribution < -0.4 is 16.0 Å². The third kappa shape index (κ3) is 5.10. The van der Waals surface area contributed by atoms with Gasteiger partial charge >= 0.3 is 11.3 Å². The van der Waals surface area contributed by atoms with Crippen molar-refractivity contribution in [3.63, 3.8) is 0 Å². The summed E-state index contributed by atoms with van der Waals surface area (Å²) in [6, 6.07) is 11.6. The van der Waals surface area contributed by atoms with Crippen molar-refractivity contribution in [3.8, 4) is 22.6 Å². The van der Waals surface area contributed by atoms with Crippen LogP contribution in [-0.2, 0) is 6.54 Å². The quantitative estimate of drug-likeness (QED) is 0.340. The van der Waals surface area contributed by atoms with Gasteiger partial charge in [-0.2, -0.15) is 0 Å². The van der Waals surface area contributed by atoms with Gasteiger partial charge in [-0.15, -0.1) is 0 Å². The molecule has 0 unspecified atom stereocenters. The molecule has 2 aromatic carbocycles. The highest BCUT2D eigenvalue weighted by Gasteiger charge is 2.21. The molecule has 0 aliphatic heterocycles. The zero-order valence-corrected chi connectivity index (χ0v) is 20.8. The van der Waals surface area contributed by atoms with Gasteiger partial charge in [-0.3, -0.25) is 4.90 Å². The predicted octanol–water partition coefficient (Wildman–Crippen LogP) is 5.39. The second-order valence-electron chi connectivity index (χ2n) is 9.73. The van der Waals surface area contributed by atoms with Crippen molar-refractivity contribution in [3.05, 3.63) is 68.9 Å². The van der Waals surface area contributed by atoms with Gasteiger partial charge in [-0.25, -0.2) is 9.59 Å². The Kier molecular flexibility index (Phi) is 6.98. The Morgan fingerprint density at radius 2 is 1.63 bits per heavy atom. The summed E-state index contributed by atoms with van der Waals surface area (Å²) < 4.78 is 16.5. The molecule has 0 aliphatic carbocycles. The lowest BCUT2D eigenvalue weighted by molar-refractivity contribution is 0.209. The van der Waals surface area contributed by atoms with Crippen LogP contribution in [0.1, 0.15) is 33.3 Å². The maximum Gasteiger partial charge on any atom is 0.344 e. The summed E-state index contributed by atoms with van der Waals surface area (Å²) >= 11 is 0. The fraction of sp³-hybridized carbons (Fsp3) is 0.357. The van der Waals surface area contributed by atoms with Gasteiger partial charge in [0, 0.05) is 42.0 Å². The van der Waals surface area contributed by atoms with Crippen molar-refractivity contribution in [2.45, 2.75) is 34.2 Å². The smallest absolute Gasteiger partial charge is 0.344 e. The highest BCUT2D eigenvalue weighted by molar-refractivity contribution is 5.97. The standard InChI is InChI=1S/C28H31NO6/c1-16(2)13-29(14-17(3)4)15-22-23(30)10-9-19-20(12-25(31)34-27(19)22)21-11-18-7-6-8-24(33-5)26(18)35-28(21)32/h6-12,16-17,30H,13-15H2,1-5H3. The van der Waals surface area contributed by atoms with Gasteiger partial charge < -0.3 is 18.7 Å². The van der Waals surface area contributed by atoms with Crippen molar-refractivity contribution < 1.29 is 18.7 Å². The molecule has 2 aromatic heterocycles. The lowest BCUT2D eigenvalue weighted by atomic mass is 9.99. The van der Waals surface area contributed by atoms with Crippen LogP contribution in [0.4, 0.5) is 0 Å². The number of fused-ring (bicyclic) bond motifs is 2.